The van der Waals surface area contributed by atoms with Crippen molar-refractivity contribution in [3.8, 4) is 0 Å². The van der Waals surface area contributed by atoms with Crippen LogP contribution in [0.1, 0.15) is 13.3 Å². The molecule has 2 rings (SSSR count). The maximum atomic E-state index is 12.0. The van der Waals surface area contributed by atoms with Crippen molar-refractivity contribution in [3.05, 3.63) is 29.3 Å². The summed E-state index contributed by atoms with van der Waals surface area (Å²) in [4.78, 5) is 13.6. The molecule has 1 atom stereocenters. The SMILES string of the molecule is CC1(CCN)CN(c2ccccc2Cl)C(=O)CO1. The first kappa shape index (κ1) is 13.3. The van der Waals surface area contributed by atoms with E-state index in [4.69, 9.17) is 22.1 Å². The third-order valence-corrected chi connectivity index (χ3v) is 3.47. The average Bonchev–Trinajstić information content (AvgIpc) is 2.34. The fourth-order valence-electron chi connectivity index (χ4n) is 2.13. The molecule has 1 heterocycles. The molecule has 1 saturated heterocycles. The number of amides is 1. The Morgan fingerprint density at radius 3 is 2.89 bits per heavy atom. The van der Waals surface area contributed by atoms with Gasteiger partial charge in [0, 0.05) is 0 Å². The van der Waals surface area contributed by atoms with E-state index >= 15 is 0 Å². The molecule has 1 aromatic carbocycles. The number of carbonyl (C=O) groups excluding carboxylic acids is 1. The minimum absolute atomic E-state index is 0.0712. The lowest BCUT2D eigenvalue weighted by Crippen LogP contribution is -2.54. The lowest BCUT2D eigenvalue weighted by Gasteiger charge is -2.40. The standard InChI is InChI=1S/C13H17ClN2O2/c1-13(6-7-15)9-16(12(17)8-18-13)11-5-3-2-4-10(11)14/h2-5H,6-9,15H2,1H3. The number of benzene rings is 1. The second-order valence-corrected chi connectivity index (χ2v) is 5.12. The van der Waals surface area contributed by atoms with Gasteiger partial charge >= 0.3 is 0 Å². The van der Waals surface area contributed by atoms with E-state index in [0.717, 1.165) is 5.69 Å². The number of para-hydroxylation sites is 1. The van der Waals surface area contributed by atoms with Gasteiger partial charge in [0.25, 0.3) is 5.91 Å². The quantitative estimate of drug-likeness (QED) is 0.910. The highest BCUT2D eigenvalue weighted by Gasteiger charge is 2.36. The number of anilines is 1. The lowest BCUT2D eigenvalue weighted by atomic mass is 9.99. The zero-order valence-corrected chi connectivity index (χ0v) is 11.1. The van der Waals surface area contributed by atoms with E-state index in [0.29, 0.717) is 24.5 Å². The molecule has 1 aliphatic heterocycles. The Morgan fingerprint density at radius 1 is 1.50 bits per heavy atom. The molecular weight excluding hydrogens is 252 g/mol. The van der Waals surface area contributed by atoms with Gasteiger partial charge < -0.3 is 15.4 Å². The summed E-state index contributed by atoms with van der Waals surface area (Å²) in [5.41, 5.74) is 5.91. The predicted octanol–water partition coefficient (Wildman–Crippen LogP) is 1.81. The van der Waals surface area contributed by atoms with Crippen LogP contribution in [0.4, 0.5) is 5.69 Å². The Hall–Kier alpha value is -1.10. The number of ether oxygens (including phenoxy) is 1. The first-order valence-electron chi connectivity index (χ1n) is 5.95. The van der Waals surface area contributed by atoms with Crippen molar-refractivity contribution in [1.82, 2.24) is 0 Å². The minimum Gasteiger partial charge on any atom is -0.364 e. The Kier molecular flexibility index (Phi) is 3.90. The highest BCUT2D eigenvalue weighted by Crippen LogP contribution is 2.30. The summed E-state index contributed by atoms with van der Waals surface area (Å²) in [5.74, 6) is -0.0717. The van der Waals surface area contributed by atoms with Crippen molar-refractivity contribution in [3.63, 3.8) is 0 Å². The van der Waals surface area contributed by atoms with E-state index in [9.17, 15) is 4.79 Å². The Morgan fingerprint density at radius 2 is 2.22 bits per heavy atom. The third kappa shape index (κ3) is 2.66. The zero-order chi connectivity index (χ0) is 13.2. The fraction of sp³-hybridized carbons (Fsp3) is 0.462. The Labute approximate surface area is 112 Å². The number of rotatable bonds is 3. The van der Waals surface area contributed by atoms with E-state index in [2.05, 4.69) is 0 Å². The van der Waals surface area contributed by atoms with Gasteiger partial charge in [0.05, 0.1) is 22.9 Å². The second-order valence-electron chi connectivity index (χ2n) is 4.71. The summed E-state index contributed by atoms with van der Waals surface area (Å²) in [6.45, 7) is 3.05. The number of nitrogens with zero attached hydrogens (tertiary/aromatic N) is 1. The van der Waals surface area contributed by atoms with Crippen LogP contribution >= 0.6 is 11.6 Å². The van der Waals surface area contributed by atoms with Gasteiger partial charge in [-0.1, -0.05) is 23.7 Å². The molecule has 0 radical (unpaired) electrons. The average molecular weight is 269 g/mol. The topological polar surface area (TPSA) is 55.6 Å². The molecule has 5 heteroatoms. The van der Waals surface area contributed by atoms with Crippen LogP contribution in [0, 0.1) is 0 Å². The van der Waals surface area contributed by atoms with E-state index in [1.54, 1.807) is 11.0 Å². The van der Waals surface area contributed by atoms with Crippen molar-refractivity contribution in [2.45, 2.75) is 18.9 Å². The van der Waals surface area contributed by atoms with Gasteiger partial charge in [0.2, 0.25) is 0 Å². The van der Waals surface area contributed by atoms with Crippen LogP contribution in [-0.2, 0) is 9.53 Å². The smallest absolute Gasteiger partial charge is 0.253 e. The van der Waals surface area contributed by atoms with Crippen molar-refractivity contribution in [1.29, 1.82) is 0 Å². The number of nitrogens with two attached hydrogens (primary N) is 1. The molecule has 1 aliphatic rings. The maximum absolute atomic E-state index is 12.0. The van der Waals surface area contributed by atoms with E-state index in [1.165, 1.54) is 0 Å². The molecule has 4 nitrogen and oxygen atoms in total. The van der Waals surface area contributed by atoms with Crippen LogP contribution in [0.25, 0.3) is 0 Å². The summed E-state index contributed by atoms with van der Waals surface area (Å²) in [6, 6.07) is 7.33. The summed E-state index contributed by atoms with van der Waals surface area (Å²) < 4.78 is 5.60. The Bertz CT molecular complexity index is 452. The van der Waals surface area contributed by atoms with Gasteiger partial charge in [-0.05, 0) is 32.0 Å². The second kappa shape index (κ2) is 5.26. The fourth-order valence-corrected chi connectivity index (χ4v) is 2.37. The molecule has 1 fully saturated rings. The highest BCUT2D eigenvalue weighted by molar-refractivity contribution is 6.33. The van der Waals surface area contributed by atoms with Crippen LogP contribution in [0.3, 0.4) is 0 Å². The first-order valence-corrected chi connectivity index (χ1v) is 6.32. The van der Waals surface area contributed by atoms with Gasteiger partial charge in [-0.15, -0.1) is 0 Å². The molecule has 98 valence electrons. The number of hydrogen-bond acceptors (Lipinski definition) is 3. The zero-order valence-electron chi connectivity index (χ0n) is 10.4. The number of carbonyl (C=O) groups is 1. The molecule has 0 aromatic heterocycles. The molecule has 0 spiro atoms. The monoisotopic (exact) mass is 268 g/mol. The summed E-state index contributed by atoms with van der Waals surface area (Å²) in [7, 11) is 0. The molecule has 1 amide bonds. The predicted molar refractivity (Wildman–Crippen MR) is 71.8 cm³/mol. The van der Waals surface area contributed by atoms with Gasteiger partial charge in [-0.3, -0.25) is 4.79 Å². The Balaban J connectivity index is 2.26. The van der Waals surface area contributed by atoms with Crippen molar-refractivity contribution in [2.24, 2.45) is 5.73 Å². The first-order chi connectivity index (χ1) is 8.56. The van der Waals surface area contributed by atoms with Crippen molar-refractivity contribution >= 4 is 23.2 Å². The molecular formula is C13H17ClN2O2. The third-order valence-electron chi connectivity index (χ3n) is 3.15. The maximum Gasteiger partial charge on any atom is 0.253 e. The van der Waals surface area contributed by atoms with E-state index < -0.39 is 5.60 Å². The minimum atomic E-state index is -0.401. The lowest BCUT2D eigenvalue weighted by molar-refractivity contribution is -0.137. The molecule has 2 N–H and O–H groups in total. The normalized spacial score (nSPS) is 24.4. The van der Waals surface area contributed by atoms with Crippen LogP contribution in [0.2, 0.25) is 5.02 Å². The number of morpholine rings is 1. The molecule has 1 unspecified atom stereocenters. The van der Waals surface area contributed by atoms with Crippen LogP contribution in [0.5, 0.6) is 0 Å². The van der Waals surface area contributed by atoms with Gasteiger partial charge in [-0.25, -0.2) is 0 Å². The van der Waals surface area contributed by atoms with E-state index in [-0.39, 0.29) is 12.5 Å². The molecule has 1 aromatic rings. The highest BCUT2D eigenvalue weighted by atomic mass is 35.5. The summed E-state index contributed by atoms with van der Waals surface area (Å²) in [5, 5.41) is 0.572. The van der Waals surface area contributed by atoms with Crippen molar-refractivity contribution in [2.75, 3.05) is 24.6 Å². The van der Waals surface area contributed by atoms with Crippen LogP contribution in [0.15, 0.2) is 24.3 Å². The summed E-state index contributed by atoms with van der Waals surface area (Å²) in [6.07, 6.45) is 0.710. The van der Waals surface area contributed by atoms with Crippen LogP contribution in [-0.4, -0.2) is 31.2 Å². The molecule has 0 bridgehead atoms. The van der Waals surface area contributed by atoms with Gasteiger partial charge in [-0.2, -0.15) is 0 Å². The van der Waals surface area contributed by atoms with Gasteiger partial charge in [0.1, 0.15) is 6.61 Å². The van der Waals surface area contributed by atoms with Gasteiger partial charge in [0.15, 0.2) is 0 Å². The largest absolute Gasteiger partial charge is 0.364 e. The molecule has 0 saturated carbocycles. The van der Waals surface area contributed by atoms with Crippen molar-refractivity contribution < 1.29 is 9.53 Å². The summed E-state index contributed by atoms with van der Waals surface area (Å²) >= 11 is 6.13. The van der Waals surface area contributed by atoms with Crippen LogP contribution < -0.4 is 10.6 Å². The number of hydrogen-bond donors (Lipinski definition) is 1. The molecule has 0 aliphatic carbocycles. The molecule has 18 heavy (non-hydrogen) atoms. The van der Waals surface area contributed by atoms with E-state index in [1.807, 2.05) is 25.1 Å². The number of halogens is 1.